The van der Waals surface area contributed by atoms with Crippen molar-refractivity contribution in [1.82, 2.24) is 0 Å². The van der Waals surface area contributed by atoms with Crippen LogP contribution in [0.1, 0.15) is 85.2 Å². The number of fused-ring (bicyclic) bond motifs is 3. The molecule has 0 aliphatic heterocycles. The highest BCUT2D eigenvalue weighted by Crippen LogP contribution is 2.42. The van der Waals surface area contributed by atoms with E-state index in [1.807, 2.05) is 24.3 Å². The fourth-order valence-electron chi connectivity index (χ4n) is 5.85. The summed E-state index contributed by atoms with van der Waals surface area (Å²) in [5, 5.41) is 1.96. The second-order valence-electron chi connectivity index (χ2n) is 14.1. The van der Waals surface area contributed by atoms with Gasteiger partial charge in [0, 0.05) is 35.6 Å². The average molecular weight is 649 g/mol. The number of carbonyl (C=O) groups excluding carboxylic acids is 2. The third-order valence-corrected chi connectivity index (χ3v) is 14.2. The van der Waals surface area contributed by atoms with Gasteiger partial charge in [-0.2, -0.15) is 0 Å². The summed E-state index contributed by atoms with van der Waals surface area (Å²) in [7, 11) is -0.759. The molecule has 0 amide bonds. The normalized spacial score (nSPS) is 12.8. The minimum absolute atomic E-state index is 0.0522. The number of rotatable bonds is 14. The van der Waals surface area contributed by atoms with Gasteiger partial charge in [0.2, 0.25) is 0 Å². The lowest BCUT2D eigenvalue weighted by Crippen LogP contribution is -2.42. The van der Waals surface area contributed by atoms with Crippen molar-refractivity contribution < 1.29 is 23.2 Å². The third-order valence-electron chi connectivity index (χ3n) is 9.74. The van der Waals surface area contributed by atoms with Crippen molar-refractivity contribution in [3.05, 3.63) is 119 Å². The summed E-state index contributed by atoms with van der Waals surface area (Å²) in [6.07, 6.45) is 4.58. The summed E-state index contributed by atoms with van der Waals surface area (Å²) in [5.41, 5.74) is 7.32. The van der Waals surface area contributed by atoms with E-state index in [1.54, 1.807) is 0 Å². The van der Waals surface area contributed by atoms with Gasteiger partial charge in [0.15, 0.2) is 14.1 Å². The van der Waals surface area contributed by atoms with Crippen molar-refractivity contribution >= 4 is 42.0 Å². The molecule has 6 heteroatoms. The molecule has 0 saturated heterocycles. The van der Waals surface area contributed by atoms with Crippen LogP contribution in [0.5, 0.6) is 0 Å². The van der Waals surface area contributed by atoms with Gasteiger partial charge in [-0.3, -0.25) is 9.59 Å². The first-order valence-corrected chi connectivity index (χ1v) is 19.7. The van der Waals surface area contributed by atoms with E-state index in [9.17, 15) is 9.59 Å². The van der Waals surface area contributed by atoms with Gasteiger partial charge in [0.25, 0.3) is 0 Å². The number of benzene rings is 4. The smallest absolute Gasteiger partial charge is 0.305 e. The van der Waals surface area contributed by atoms with Crippen LogP contribution in [-0.4, -0.2) is 27.2 Å². The fourth-order valence-corrected chi connectivity index (χ4v) is 7.14. The Labute approximate surface area is 280 Å². The Hall–Kier alpha value is -4.00. The number of Topliss-reactive ketones (excluding diaryl/α,β-unsaturated/α-hetero) is 1. The van der Waals surface area contributed by atoms with Crippen LogP contribution >= 0.6 is 0 Å². The van der Waals surface area contributed by atoms with E-state index in [0.29, 0.717) is 31.2 Å². The zero-order valence-electron chi connectivity index (χ0n) is 28.7. The Morgan fingerprint density at radius 1 is 0.766 bits per heavy atom. The van der Waals surface area contributed by atoms with Gasteiger partial charge < -0.3 is 13.6 Å². The van der Waals surface area contributed by atoms with Gasteiger partial charge in [0.05, 0.1) is 13.2 Å². The van der Waals surface area contributed by atoms with Gasteiger partial charge in [-0.1, -0.05) is 81.4 Å². The number of methoxy groups -OCH3 is 1. The third kappa shape index (κ3) is 8.48. The fraction of sp³-hybridized carbons (Fsp3) is 0.366. The first-order valence-electron chi connectivity index (χ1n) is 16.8. The second-order valence-corrected chi connectivity index (χ2v) is 18.9. The van der Waals surface area contributed by atoms with Crippen LogP contribution in [0.2, 0.25) is 18.1 Å². The number of esters is 1. The molecule has 0 aliphatic carbocycles. The Morgan fingerprint density at radius 2 is 1.40 bits per heavy atom. The predicted octanol–water partition coefficient (Wildman–Crippen LogP) is 10.6. The summed E-state index contributed by atoms with van der Waals surface area (Å²) >= 11 is 0. The van der Waals surface area contributed by atoms with Crippen molar-refractivity contribution in [3.63, 3.8) is 0 Å². The van der Waals surface area contributed by atoms with Crippen LogP contribution in [0.25, 0.3) is 21.9 Å². The molecule has 0 N–H and O–H groups in total. The number of hydrogen-bond acceptors (Lipinski definition) is 5. The van der Waals surface area contributed by atoms with Crippen molar-refractivity contribution in [2.24, 2.45) is 0 Å². The van der Waals surface area contributed by atoms with Gasteiger partial charge >= 0.3 is 5.97 Å². The summed E-state index contributed by atoms with van der Waals surface area (Å²) < 4.78 is 18.2. The minimum Gasteiger partial charge on any atom is -0.469 e. The Morgan fingerprint density at radius 3 is 2.11 bits per heavy atom. The summed E-state index contributed by atoms with van der Waals surface area (Å²) in [4.78, 5) is 24.5. The maximum atomic E-state index is 13.1. The highest BCUT2D eigenvalue weighted by Gasteiger charge is 2.39. The zero-order chi connectivity index (χ0) is 33.6. The number of carbonyl (C=O) groups is 2. The van der Waals surface area contributed by atoms with Crippen LogP contribution in [0.3, 0.4) is 0 Å². The maximum absolute atomic E-state index is 13.1. The Balaban J connectivity index is 1.46. The standard InChI is InChI=1S/C41H48O5Si/c1-41(2,3)47(5,6)46-39(28-31-17-11-10-16-30(31)21-20-29-14-8-7-9-15-29)33-23-25-38-35(27-33)34-26-32(22-24-37(34)45-38)36(42)18-12-13-19-40(43)44-4/h7-11,14-17,22-27,39H,12-13,18-21,28H2,1-6H3. The monoisotopic (exact) mass is 648 g/mol. The molecule has 5 rings (SSSR count). The number of hydrogen-bond donors (Lipinski definition) is 0. The molecule has 1 unspecified atom stereocenters. The van der Waals surface area contributed by atoms with E-state index in [2.05, 4.69) is 101 Å². The van der Waals surface area contributed by atoms with Gasteiger partial charge in [0.1, 0.15) is 11.2 Å². The largest absolute Gasteiger partial charge is 0.469 e. The molecule has 0 fully saturated rings. The number of aryl methyl sites for hydroxylation is 2. The molecule has 1 aromatic heterocycles. The van der Waals surface area contributed by atoms with Crippen molar-refractivity contribution in [3.8, 4) is 0 Å². The molecule has 5 nitrogen and oxygen atoms in total. The van der Waals surface area contributed by atoms with Crippen LogP contribution in [0.4, 0.5) is 0 Å². The van der Waals surface area contributed by atoms with Crippen LogP contribution in [-0.2, 0) is 33.2 Å². The first kappa shape index (κ1) is 34.3. The lowest BCUT2D eigenvalue weighted by Gasteiger charge is -2.39. The molecule has 4 aromatic carbocycles. The van der Waals surface area contributed by atoms with Gasteiger partial charge in [-0.05, 0) is 96.4 Å². The molecule has 0 spiro atoms. The molecule has 246 valence electrons. The molecular weight excluding hydrogens is 601 g/mol. The lowest BCUT2D eigenvalue weighted by atomic mass is 9.93. The van der Waals surface area contributed by atoms with E-state index in [-0.39, 0.29) is 22.9 Å². The zero-order valence-corrected chi connectivity index (χ0v) is 29.7. The first-order chi connectivity index (χ1) is 22.4. The quantitative estimate of drug-likeness (QED) is 0.0519. The van der Waals surface area contributed by atoms with Crippen molar-refractivity contribution in [1.29, 1.82) is 0 Å². The highest BCUT2D eigenvalue weighted by atomic mass is 28.4. The molecule has 1 heterocycles. The summed E-state index contributed by atoms with van der Waals surface area (Å²) in [5.74, 6) is -0.181. The lowest BCUT2D eigenvalue weighted by molar-refractivity contribution is -0.140. The number of unbranched alkanes of at least 4 members (excludes halogenated alkanes) is 1. The van der Waals surface area contributed by atoms with Crippen LogP contribution in [0.15, 0.2) is 95.4 Å². The van der Waals surface area contributed by atoms with E-state index in [1.165, 1.54) is 23.8 Å². The second kappa shape index (κ2) is 14.8. The number of furan rings is 1. The molecule has 0 bridgehead atoms. The number of ketones is 1. The molecule has 0 radical (unpaired) electrons. The predicted molar refractivity (Wildman–Crippen MR) is 194 cm³/mol. The molecule has 47 heavy (non-hydrogen) atoms. The summed E-state index contributed by atoms with van der Waals surface area (Å²) in [6, 6.07) is 31.5. The highest BCUT2D eigenvalue weighted by molar-refractivity contribution is 6.74. The number of ether oxygens (including phenoxy) is 1. The van der Waals surface area contributed by atoms with Crippen molar-refractivity contribution in [2.75, 3.05) is 7.11 Å². The van der Waals surface area contributed by atoms with Crippen LogP contribution < -0.4 is 0 Å². The molecule has 0 saturated carbocycles. The van der Waals surface area contributed by atoms with Gasteiger partial charge in [-0.25, -0.2) is 0 Å². The molecule has 1 atom stereocenters. The Kier molecular flexibility index (Phi) is 10.8. The maximum Gasteiger partial charge on any atom is 0.305 e. The van der Waals surface area contributed by atoms with Crippen molar-refractivity contribution in [2.45, 2.75) is 90.0 Å². The van der Waals surface area contributed by atoms with E-state index < -0.39 is 8.32 Å². The molecular formula is C41H48O5Si. The van der Waals surface area contributed by atoms with E-state index >= 15 is 0 Å². The van der Waals surface area contributed by atoms with Gasteiger partial charge in [-0.15, -0.1) is 0 Å². The van der Waals surface area contributed by atoms with E-state index in [0.717, 1.165) is 46.8 Å². The topological polar surface area (TPSA) is 65.7 Å². The Bertz CT molecular complexity index is 1830. The van der Waals surface area contributed by atoms with Crippen LogP contribution in [0, 0.1) is 0 Å². The average Bonchev–Trinajstić information content (AvgIpc) is 3.43. The minimum atomic E-state index is -2.14. The van der Waals surface area contributed by atoms with E-state index in [4.69, 9.17) is 13.6 Å². The summed E-state index contributed by atoms with van der Waals surface area (Å²) in [6.45, 7) is 11.5. The molecule has 0 aliphatic rings. The SMILES string of the molecule is COC(=O)CCCCC(=O)c1ccc2oc3ccc(C(Cc4ccccc4CCc4ccccc4)O[Si](C)(C)C(C)(C)C)cc3c2c1. The molecule has 5 aromatic rings.